The van der Waals surface area contributed by atoms with Crippen LogP contribution in [-0.4, -0.2) is 19.3 Å². The highest BCUT2D eigenvalue weighted by Crippen LogP contribution is 2.33. The summed E-state index contributed by atoms with van der Waals surface area (Å²) in [4.78, 5) is 0. The monoisotopic (exact) mass is 293 g/mol. The summed E-state index contributed by atoms with van der Waals surface area (Å²) in [5.41, 5.74) is 0.841. The maximum absolute atomic E-state index is 6.12. The predicted octanol–water partition coefficient (Wildman–Crippen LogP) is 4.63. The zero-order valence-corrected chi connectivity index (χ0v) is 11.6. The fourth-order valence-electron chi connectivity index (χ4n) is 1.90. The number of ether oxygens (including phenoxy) is 1. The lowest BCUT2D eigenvalue weighted by Gasteiger charge is -2.18. The molecule has 1 unspecified atom stereocenters. The molecular weight excluding hydrogens is 280 g/mol. The van der Waals surface area contributed by atoms with Crippen molar-refractivity contribution in [2.75, 3.05) is 18.5 Å². The Balaban J connectivity index is 2.09. The number of hydrogen-bond donors (Lipinski definition) is 1. The average molecular weight is 295 g/mol. The lowest BCUT2D eigenvalue weighted by atomic mass is 10.1. The minimum atomic E-state index is 0.382. The normalized spacial score (nSPS) is 21.0. The van der Waals surface area contributed by atoms with Gasteiger partial charge in [0.1, 0.15) is 0 Å². The van der Waals surface area contributed by atoms with Gasteiger partial charge in [-0.3, -0.25) is 0 Å². The van der Waals surface area contributed by atoms with E-state index in [1.165, 1.54) is 0 Å². The van der Waals surface area contributed by atoms with Gasteiger partial charge in [-0.1, -0.05) is 34.8 Å². The van der Waals surface area contributed by atoms with Crippen molar-refractivity contribution in [3.05, 3.63) is 27.2 Å². The Labute approximate surface area is 116 Å². The Hall–Kier alpha value is -0.150. The molecule has 1 aromatic carbocycles. The van der Waals surface area contributed by atoms with E-state index in [-0.39, 0.29) is 0 Å². The van der Waals surface area contributed by atoms with Crippen LogP contribution in [0.2, 0.25) is 15.1 Å². The molecule has 1 heterocycles. The molecule has 1 aromatic rings. The van der Waals surface area contributed by atoms with Gasteiger partial charge < -0.3 is 10.1 Å². The van der Waals surface area contributed by atoms with Crippen LogP contribution in [-0.2, 0) is 4.74 Å². The minimum absolute atomic E-state index is 0.382. The SMILES string of the molecule is Clc1cc(Cl)c(NC2CCCOCC2)cc1Cl. The van der Waals surface area contributed by atoms with Gasteiger partial charge in [0, 0.05) is 19.3 Å². The van der Waals surface area contributed by atoms with Crippen molar-refractivity contribution in [3.8, 4) is 0 Å². The summed E-state index contributed by atoms with van der Waals surface area (Å²) in [6.07, 6.45) is 3.13. The second-order valence-electron chi connectivity index (χ2n) is 4.13. The van der Waals surface area contributed by atoms with E-state index in [1.807, 2.05) is 0 Å². The summed E-state index contributed by atoms with van der Waals surface area (Å²) < 4.78 is 5.42. The van der Waals surface area contributed by atoms with E-state index < -0.39 is 0 Å². The summed E-state index contributed by atoms with van der Waals surface area (Å²) in [7, 11) is 0. The number of anilines is 1. The maximum Gasteiger partial charge on any atom is 0.0653 e. The molecule has 1 aliphatic rings. The van der Waals surface area contributed by atoms with Crippen molar-refractivity contribution < 1.29 is 4.74 Å². The first-order valence-corrected chi connectivity index (χ1v) is 6.79. The van der Waals surface area contributed by atoms with Crippen molar-refractivity contribution in [1.82, 2.24) is 0 Å². The molecule has 0 spiro atoms. The zero-order chi connectivity index (χ0) is 12.3. The van der Waals surface area contributed by atoms with Crippen molar-refractivity contribution in [2.45, 2.75) is 25.3 Å². The molecule has 1 fully saturated rings. The van der Waals surface area contributed by atoms with Crippen LogP contribution in [0.25, 0.3) is 0 Å². The second kappa shape index (κ2) is 6.14. The van der Waals surface area contributed by atoms with Gasteiger partial charge in [-0.25, -0.2) is 0 Å². The van der Waals surface area contributed by atoms with Crippen LogP contribution in [0.3, 0.4) is 0 Å². The lowest BCUT2D eigenvalue weighted by molar-refractivity contribution is 0.144. The smallest absolute Gasteiger partial charge is 0.0653 e. The standard InChI is InChI=1S/C12H14Cl3NO/c13-9-6-11(15)12(7-10(9)14)16-8-2-1-4-17-5-3-8/h6-8,16H,1-5H2. The molecule has 1 atom stereocenters. The topological polar surface area (TPSA) is 21.3 Å². The molecule has 0 aromatic heterocycles. The summed E-state index contributed by atoms with van der Waals surface area (Å²) in [5.74, 6) is 0. The van der Waals surface area contributed by atoms with Gasteiger partial charge in [0.05, 0.1) is 20.8 Å². The third-order valence-electron chi connectivity index (χ3n) is 2.82. The molecule has 0 radical (unpaired) electrons. The molecule has 1 N–H and O–H groups in total. The van der Waals surface area contributed by atoms with Gasteiger partial charge in [-0.05, 0) is 31.4 Å². The van der Waals surface area contributed by atoms with Gasteiger partial charge in [0.2, 0.25) is 0 Å². The van der Waals surface area contributed by atoms with Gasteiger partial charge in [-0.15, -0.1) is 0 Å². The van der Waals surface area contributed by atoms with Crippen LogP contribution in [0.4, 0.5) is 5.69 Å². The minimum Gasteiger partial charge on any atom is -0.381 e. The summed E-state index contributed by atoms with van der Waals surface area (Å²) >= 11 is 18.0. The Kier molecular flexibility index (Phi) is 4.80. The largest absolute Gasteiger partial charge is 0.381 e. The fraction of sp³-hybridized carbons (Fsp3) is 0.500. The molecule has 0 bridgehead atoms. The summed E-state index contributed by atoms with van der Waals surface area (Å²) in [5, 5.41) is 5.00. The third-order valence-corrected chi connectivity index (χ3v) is 3.86. The highest BCUT2D eigenvalue weighted by atomic mass is 35.5. The molecule has 0 aliphatic carbocycles. The predicted molar refractivity (Wildman–Crippen MR) is 73.6 cm³/mol. The first-order valence-electron chi connectivity index (χ1n) is 5.65. The van der Waals surface area contributed by atoms with Crippen LogP contribution in [0.1, 0.15) is 19.3 Å². The Morgan fingerprint density at radius 2 is 1.76 bits per heavy atom. The zero-order valence-electron chi connectivity index (χ0n) is 9.31. The molecule has 94 valence electrons. The number of halogens is 3. The van der Waals surface area contributed by atoms with Crippen molar-refractivity contribution in [3.63, 3.8) is 0 Å². The molecule has 0 amide bonds. The molecule has 2 nitrogen and oxygen atoms in total. The number of rotatable bonds is 2. The Bertz CT molecular complexity index is 390. The van der Waals surface area contributed by atoms with E-state index in [1.54, 1.807) is 12.1 Å². The maximum atomic E-state index is 6.12. The molecule has 1 aliphatic heterocycles. The molecular formula is C12H14Cl3NO. The molecule has 1 saturated heterocycles. The highest BCUT2D eigenvalue weighted by Gasteiger charge is 2.14. The van der Waals surface area contributed by atoms with Crippen LogP contribution in [0, 0.1) is 0 Å². The van der Waals surface area contributed by atoms with Crippen LogP contribution < -0.4 is 5.32 Å². The van der Waals surface area contributed by atoms with Crippen molar-refractivity contribution in [1.29, 1.82) is 0 Å². The first-order chi connectivity index (χ1) is 8.16. The first kappa shape index (κ1) is 13.3. The van der Waals surface area contributed by atoms with Crippen LogP contribution >= 0.6 is 34.8 Å². The van der Waals surface area contributed by atoms with E-state index in [2.05, 4.69) is 5.32 Å². The average Bonchev–Trinajstić information content (AvgIpc) is 2.54. The van der Waals surface area contributed by atoms with E-state index >= 15 is 0 Å². The number of hydrogen-bond acceptors (Lipinski definition) is 2. The molecule has 17 heavy (non-hydrogen) atoms. The number of nitrogens with one attached hydrogen (secondary N) is 1. The molecule has 5 heteroatoms. The molecule has 2 rings (SSSR count). The lowest BCUT2D eigenvalue weighted by Crippen LogP contribution is -2.19. The quantitative estimate of drug-likeness (QED) is 0.803. The van der Waals surface area contributed by atoms with Crippen LogP contribution in [0.15, 0.2) is 12.1 Å². The van der Waals surface area contributed by atoms with Gasteiger partial charge in [-0.2, -0.15) is 0 Å². The number of benzene rings is 1. The molecule has 0 saturated carbocycles. The van der Waals surface area contributed by atoms with E-state index in [9.17, 15) is 0 Å². The Morgan fingerprint density at radius 1 is 1.00 bits per heavy atom. The fourth-order valence-corrected chi connectivity index (χ4v) is 2.50. The third kappa shape index (κ3) is 3.65. The van der Waals surface area contributed by atoms with E-state index in [0.717, 1.165) is 38.2 Å². The van der Waals surface area contributed by atoms with E-state index in [4.69, 9.17) is 39.5 Å². The van der Waals surface area contributed by atoms with Gasteiger partial charge in [0.15, 0.2) is 0 Å². The van der Waals surface area contributed by atoms with Gasteiger partial charge >= 0.3 is 0 Å². The summed E-state index contributed by atoms with van der Waals surface area (Å²) in [6, 6.07) is 3.83. The van der Waals surface area contributed by atoms with Gasteiger partial charge in [0.25, 0.3) is 0 Å². The second-order valence-corrected chi connectivity index (χ2v) is 5.35. The van der Waals surface area contributed by atoms with E-state index in [0.29, 0.717) is 21.1 Å². The van der Waals surface area contributed by atoms with Crippen molar-refractivity contribution >= 4 is 40.5 Å². The highest BCUT2D eigenvalue weighted by molar-refractivity contribution is 6.44. The van der Waals surface area contributed by atoms with Crippen LogP contribution in [0.5, 0.6) is 0 Å². The summed E-state index contributed by atoms with van der Waals surface area (Å²) in [6.45, 7) is 1.63. The van der Waals surface area contributed by atoms with Crippen molar-refractivity contribution in [2.24, 2.45) is 0 Å². The Morgan fingerprint density at radius 3 is 2.59 bits per heavy atom.